The third kappa shape index (κ3) is 2.71. The van der Waals surface area contributed by atoms with E-state index in [1.165, 1.54) is 0 Å². The van der Waals surface area contributed by atoms with Gasteiger partial charge in [0.15, 0.2) is 0 Å². The number of hydrogen-bond acceptors (Lipinski definition) is 5. The first-order valence-electron chi connectivity index (χ1n) is 5.40. The fraction of sp³-hybridized carbons (Fsp3) is 0.667. The number of aromatic nitrogens is 3. The maximum absolute atomic E-state index is 11.4. The first-order chi connectivity index (χ1) is 8.06. The maximum Gasteiger partial charge on any atom is 0.334 e. The Morgan fingerprint density at radius 3 is 2.06 bits per heavy atom. The quantitative estimate of drug-likeness (QED) is 0.593. The number of hydrogen-bond donors (Lipinski definition) is 2. The van der Waals surface area contributed by atoms with E-state index in [2.05, 4.69) is 4.90 Å². The molecule has 1 aliphatic heterocycles. The van der Waals surface area contributed by atoms with Gasteiger partial charge in [-0.05, 0) is 7.05 Å². The summed E-state index contributed by atoms with van der Waals surface area (Å²) in [6.07, 6.45) is 0. The first kappa shape index (κ1) is 11.8. The van der Waals surface area contributed by atoms with Crippen LogP contribution in [0.2, 0.25) is 0 Å². The summed E-state index contributed by atoms with van der Waals surface area (Å²) >= 11 is 0. The molecule has 2 heterocycles. The van der Waals surface area contributed by atoms with Gasteiger partial charge in [0.05, 0.1) is 6.67 Å². The third-order valence-corrected chi connectivity index (χ3v) is 2.87. The minimum Gasteiger partial charge on any atom is -0.304 e. The van der Waals surface area contributed by atoms with Gasteiger partial charge in [-0.2, -0.15) is 0 Å². The van der Waals surface area contributed by atoms with Gasteiger partial charge in [-0.15, -0.1) is 0 Å². The molecule has 94 valence electrons. The molecule has 0 bridgehead atoms. The van der Waals surface area contributed by atoms with Crippen molar-refractivity contribution >= 4 is 0 Å². The number of rotatable bonds is 2. The number of H-pyrrole nitrogens is 2. The first-order valence-corrected chi connectivity index (χ1v) is 5.40. The molecule has 0 amide bonds. The minimum atomic E-state index is -0.769. The van der Waals surface area contributed by atoms with Crippen molar-refractivity contribution in [3.05, 3.63) is 31.5 Å². The molecule has 1 fully saturated rings. The summed E-state index contributed by atoms with van der Waals surface area (Å²) in [4.78, 5) is 42.0. The van der Waals surface area contributed by atoms with Crippen LogP contribution in [0.25, 0.3) is 0 Å². The highest BCUT2D eigenvalue weighted by Crippen LogP contribution is 1.98. The van der Waals surface area contributed by atoms with Gasteiger partial charge in [0.2, 0.25) is 0 Å². The fourth-order valence-electron chi connectivity index (χ4n) is 1.77. The molecule has 1 aromatic rings. The van der Waals surface area contributed by atoms with Gasteiger partial charge in [-0.25, -0.2) is 19.0 Å². The molecular formula is C9H15N5O3. The maximum atomic E-state index is 11.4. The van der Waals surface area contributed by atoms with Gasteiger partial charge < -0.3 is 4.90 Å². The van der Waals surface area contributed by atoms with Gasteiger partial charge in [0.1, 0.15) is 0 Å². The normalized spacial score (nSPS) is 18.4. The predicted molar refractivity (Wildman–Crippen MR) is 61.0 cm³/mol. The fourth-order valence-corrected chi connectivity index (χ4v) is 1.77. The van der Waals surface area contributed by atoms with Crippen molar-refractivity contribution in [2.75, 3.05) is 33.2 Å². The second kappa shape index (κ2) is 4.68. The van der Waals surface area contributed by atoms with Crippen LogP contribution in [-0.4, -0.2) is 57.6 Å². The van der Waals surface area contributed by atoms with Gasteiger partial charge in [-0.3, -0.25) is 14.9 Å². The molecule has 1 aliphatic rings. The van der Waals surface area contributed by atoms with E-state index >= 15 is 0 Å². The summed E-state index contributed by atoms with van der Waals surface area (Å²) in [6.45, 7) is 3.59. The molecule has 2 rings (SSSR count). The Labute approximate surface area is 96.5 Å². The van der Waals surface area contributed by atoms with Gasteiger partial charge in [-0.1, -0.05) is 0 Å². The van der Waals surface area contributed by atoms with Crippen molar-refractivity contribution in [1.82, 2.24) is 24.3 Å². The number of likely N-dealkylation sites (N-methyl/N-ethyl adjacent to an activating group) is 1. The topological polar surface area (TPSA) is 94.2 Å². The van der Waals surface area contributed by atoms with Crippen LogP contribution in [0.1, 0.15) is 0 Å². The van der Waals surface area contributed by atoms with E-state index < -0.39 is 17.1 Å². The lowest BCUT2D eigenvalue weighted by Gasteiger charge is -2.32. The van der Waals surface area contributed by atoms with Crippen molar-refractivity contribution in [3.63, 3.8) is 0 Å². The zero-order chi connectivity index (χ0) is 12.4. The Morgan fingerprint density at radius 1 is 1.00 bits per heavy atom. The average Bonchev–Trinajstić information content (AvgIpc) is 2.26. The molecule has 0 atom stereocenters. The molecule has 0 saturated carbocycles. The van der Waals surface area contributed by atoms with E-state index in [4.69, 9.17) is 0 Å². The third-order valence-electron chi connectivity index (χ3n) is 2.87. The molecule has 0 aliphatic carbocycles. The average molecular weight is 241 g/mol. The lowest BCUT2D eigenvalue weighted by molar-refractivity contribution is 0.120. The second-order valence-corrected chi connectivity index (χ2v) is 4.18. The SMILES string of the molecule is CN1CCN(Cn2c(=O)[nH]c(=O)[nH]c2=O)CC1. The molecule has 0 spiro atoms. The lowest BCUT2D eigenvalue weighted by atomic mass is 10.3. The molecular weight excluding hydrogens is 226 g/mol. The van der Waals surface area contributed by atoms with Crippen LogP contribution in [0.3, 0.4) is 0 Å². The number of piperazine rings is 1. The van der Waals surface area contributed by atoms with Crippen LogP contribution >= 0.6 is 0 Å². The molecule has 0 unspecified atom stereocenters. The molecule has 1 aromatic heterocycles. The molecule has 1 saturated heterocycles. The number of aromatic amines is 2. The Kier molecular flexibility index (Phi) is 3.25. The summed E-state index contributed by atoms with van der Waals surface area (Å²) in [6, 6.07) is 0. The van der Waals surface area contributed by atoms with Crippen LogP contribution < -0.4 is 17.1 Å². The standard InChI is InChI=1S/C9H15N5O3/c1-12-2-4-13(5-3-12)6-14-8(16)10-7(15)11-9(14)17/h2-6H2,1H3,(H2,10,11,15,16,17). The predicted octanol–water partition coefficient (Wildman–Crippen LogP) is -2.57. The van der Waals surface area contributed by atoms with Crippen LogP contribution in [0, 0.1) is 0 Å². The van der Waals surface area contributed by atoms with Crippen LogP contribution in [0.4, 0.5) is 0 Å². The molecule has 8 nitrogen and oxygen atoms in total. The number of nitrogens with zero attached hydrogens (tertiary/aromatic N) is 3. The zero-order valence-electron chi connectivity index (χ0n) is 9.60. The molecule has 0 radical (unpaired) electrons. The van der Waals surface area contributed by atoms with E-state index in [9.17, 15) is 14.4 Å². The summed E-state index contributed by atoms with van der Waals surface area (Å²) < 4.78 is 0.993. The van der Waals surface area contributed by atoms with Crippen molar-refractivity contribution in [3.8, 4) is 0 Å². The van der Waals surface area contributed by atoms with E-state index in [0.29, 0.717) is 0 Å². The van der Waals surface area contributed by atoms with Crippen LogP contribution in [-0.2, 0) is 6.67 Å². The largest absolute Gasteiger partial charge is 0.334 e. The van der Waals surface area contributed by atoms with Crippen LogP contribution in [0.5, 0.6) is 0 Å². The molecule has 0 aromatic carbocycles. The Hall–Kier alpha value is -1.67. The van der Waals surface area contributed by atoms with Gasteiger partial charge in [0, 0.05) is 26.2 Å². The van der Waals surface area contributed by atoms with E-state index in [-0.39, 0.29) is 6.67 Å². The monoisotopic (exact) mass is 241 g/mol. The van der Waals surface area contributed by atoms with Gasteiger partial charge >= 0.3 is 17.1 Å². The minimum absolute atomic E-state index is 0.207. The Bertz CT molecular complexity index is 514. The summed E-state index contributed by atoms with van der Waals surface area (Å²) in [5.41, 5.74) is -2.11. The highest BCUT2D eigenvalue weighted by Gasteiger charge is 2.15. The molecule has 8 heteroatoms. The molecule has 2 N–H and O–H groups in total. The Balaban J connectivity index is 2.17. The second-order valence-electron chi connectivity index (χ2n) is 4.18. The van der Waals surface area contributed by atoms with Gasteiger partial charge in [0.25, 0.3) is 0 Å². The van der Waals surface area contributed by atoms with E-state index in [1.807, 2.05) is 21.9 Å². The number of nitrogens with one attached hydrogen (secondary N) is 2. The Morgan fingerprint density at radius 2 is 1.53 bits per heavy atom. The highest BCUT2D eigenvalue weighted by molar-refractivity contribution is 4.72. The van der Waals surface area contributed by atoms with Crippen molar-refractivity contribution in [2.45, 2.75) is 6.67 Å². The highest BCUT2D eigenvalue weighted by atomic mass is 16.2. The van der Waals surface area contributed by atoms with E-state index in [1.54, 1.807) is 0 Å². The summed E-state index contributed by atoms with van der Waals surface area (Å²) in [5, 5.41) is 0. The smallest absolute Gasteiger partial charge is 0.304 e. The lowest BCUT2D eigenvalue weighted by Crippen LogP contribution is -2.50. The van der Waals surface area contributed by atoms with Crippen molar-refractivity contribution in [1.29, 1.82) is 0 Å². The van der Waals surface area contributed by atoms with Crippen molar-refractivity contribution in [2.24, 2.45) is 0 Å². The van der Waals surface area contributed by atoms with Crippen molar-refractivity contribution < 1.29 is 0 Å². The zero-order valence-corrected chi connectivity index (χ0v) is 9.60. The van der Waals surface area contributed by atoms with Crippen LogP contribution in [0.15, 0.2) is 14.4 Å². The summed E-state index contributed by atoms with van der Waals surface area (Å²) in [7, 11) is 2.02. The van der Waals surface area contributed by atoms with E-state index in [0.717, 1.165) is 30.7 Å². The molecule has 17 heavy (non-hydrogen) atoms. The summed E-state index contributed by atoms with van der Waals surface area (Å²) in [5.74, 6) is 0.